The summed E-state index contributed by atoms with van der Waals surface area (Å²) in [6, 6.07) is 7.79. The molecule has 1 aromatic carbocycles. The fourth-order valence-corrected chi connectivity index (χ4v) is 2.10. The Morgan fingerprint density at radius 2 is 1.95 bits per heavy atom. The van der Waals surface area contributed by atoms with E-state index in [0.717, 1.165) is 21.7 Å². The lowest BCUT2D eigenvalue weighted by Gasteiger charge is -2.20. The molecule has 1 N–H and O–H groups in total. The van der Waals surface area contributed by atoms with Crippen molar-refractivity contribution in [3.63, 3.8) is 0 Å². The van der Waals surface area contributed by atoms with Crippen LogP contribution in [0.1, 0.15) is 0 Å². The van der Waals surface area contributed by atoms with Crippen LogP contribution < -0.4 is 15.0 Å². The van der Waals surface area contributed by atoms with E-state index in [-0.39, 0.29) is 0 Å². The number of anilines is 3. The van der Waals surface area contributed by atoms with E-state index >= 15 is 0 Å². The van der Waals surface area contributed by atoms with Gasteiger partial charge in [-0.15, -0.1) is 0 Å². The van der Waals surface area contributed by atoms with Crippen molar-refractivity contribution in [3.8, 4) is 5.75 Å². The minimum Gasteiger partial charge on any atom is -0.497 e. The first kappa shape index (κ1) is 13.6. The minimum atomic E-state index is 0.582. The minimum absolute atomic E-state index is 0.582. The van der Waals surface area contributed by atoms with Gasteiger partial charge in [0.15, 0.2) is 5.82 Å². The second-order valence-electron chi connectivity index (χ2n) is 3.87. The number of halogens is 1. The van der Waals surface area contributed by atoms with E-state index in [1.807, 2.05) is 36.2 Å². The highest BCUT2D eigenvalue weighted by atomic mass is 79.9. The van der Waals surface area contributed by atoms with Crippen molar-refractivity contribution in [1.29, 1.82) is 0 Å². The number of hydrogen-bond acceptors (Lipinski definition) is 5. The third kappa shape index (κ3) is 2.96. The lowest BCUT2D eigenvalue weighted by atomic mass is 10.3. The Balaban J connectivity index is 2.34. The highest BCUT2D eigenvalue weighted by Gasteiger charge is 2.11. The van der Waals surface area contributed by atoms with Crippen molar-refractivity contribution in [1.82, 2.24) is 9.97 Å². The van der Waals surface area contributed by atoms with Gasteiger partial charge in [0, 0.05) is 26.0 Å². The molecule has 1 aromatic heterocycles. The molecular formula is C13H15BrN4O. The lowest BCUT2D eigenvalue weighted by Crippen LogP contribution is -2.13. The second kappa shape index (κ2) is 5.88. The quantitative estimate of drug-likeness (QED) is 0.937. The van der Waals surface area contributed by atoms with Gasteiger partial charge in [-0.3, -0.25) is 0 Å². The van der Waals surface area contributed by atoms with Gasteiger partial charge in [-0.25, -0.2) is 4.98 Å². The predicted octanol–water partition coefficient (Wildman–Crippen LogP) is 3.06. The molecule has 0 aliphatic rings. The van der Waals surface area contributed by atoms with Gasteiger partial charge < -0.3 is 15.0 Å². The predicted molar refractivity (Wildman–Crippen MR) is 80.3 cm³/mol. The molecule has 0 saturated carbocycles. The normalized spacial score (nSPS) is 10.1. The molecule has 0 fully saturated rings. The van der Waals surface area contributed by atoms with Crippen molar-refractivity contribution < 1.29 is 4.74 Å². The summed E-state index contributed by atoms with van der Waals surface area (Å²) in [5.41, 5.74) is 1.02. The topological polar surface area (TPSA) is 50.3 Å². The molecule has 2 rings (SSSR count). The van der Waals surface area contributed by atoms with Gasteiger partial charge >= 0.3 is 0 Å². The summed E-state index contributed by atoms with van der Waals surface area (Å²) in [4.78, 5) is 10.6. The molecule has 0 saturated heterocycles. The van der Waals surface area contributed by atoms with Crippen molar-refractivity contribution in [2.24, 2.45) is 0 Å². The first-order valence-electron chi connectivity index (χ1n) is 5.73. The van der Waals surface area contributed by atoms with Crippen molar-refractivity contribution in [2.75, 3.05) is 31.4 Å². The van der Waals surface area contributed by atoms with Crippen LogP contribution in [0, 0.1) is 0 Å². The maximum absolute atomic E-state index is 5.15. The molecule has 0 atom stereocenters. The Morgan fingerprint density at radius 3 is 2.53 bits per heavy atom. The van der Waals surface area contributed by atoms with Gasteiger partial charge in [0.25, 0.3) is 0 Å². The molecule has 5 nitrogen and oxygen atoms in total. The number of methoxy groups -OCH3 is 1. The third-order valence-corrected chi connectivity index (χ3v) is 3.29. The van der Waals surface area contributed by atoms with Crippen LogP contribution in [0.4, 0.5) is 17.5 Å². The number of rotatable bonds is 4. The standard InChI is InChI=1S/C13H15BrN4O/c1-15-13-16-8-11(14)12(17-13)18(2)9-4-6-10(19-3)7-5-9/h4-8H,1-3H3,(H,15,16,17). The Hall–Kier alpha value is -1.82. The van der Waals surface area contributed by atoms with E-state index in [0.29, 0.717) is 5.95 Å². The first-order chi connectivity index (χ1) is 9.15. The van der Waals surface area contributed by atoms with Crippen molar-refractivity contribution >= 4 is 33.4 Å². The van der Waals surface area contributed by atoms with E-state index in [9.17, 15) is 0 Å². The average Bonchev–Trinajstić information content (AvgIpc) is 2.47. The number of ether oxygens (including phenoxy) is 1. The number of nitrogens with one attached hydrogen (secondary N) is 1. The maximum atomic E-state index is 5.15. The Labute approximate surface area is 120 Å². The molecule has 2 aromatic rings. The zero-order valence-corrected chi connectivity index (χ0v) is 12.6. The zero-order valence-electron chi connectivity index (χ0n) is 11.0. The van der Waals surface area contributed by atoms with Gasteiger partial charge in [-0.1, -0.05) is 0 Å². The molecule has 0 aliphatic carbocycles. The average molecular weight is 323 g/mol. The second-order valence-corrected chi connectivity index (χ2v) is 4.73. The van der Waals surface area contributed by atoms with E-state index in [1.54, 1.807) is 20.4 Å². The molecule has 1 heterocycles. The van der Waals surface area contributed by atoms with Crippen LogP contribution in [0.25, 0.3) is 0 Å². The van der Waals surface area contributed by atoms with Crippen LogP contribution in [0.3, 0.4) is 0 Å². The summed E-state index contributed by atoms with van der Waals surface area (Å²) < 4.78 is 5.99. The highest BCUT2D eigenvalue weighted by Crippen LogP contribution is 2.30. The highest BCUT2D eigenvalue weighted by molar-refractivity contribution is 9.10. The largest absolute Gasteiger partial charge is 0.497 e. The van der Waals surface area contributed by atoms with Gasteiger partial charge in [0.1, 0.15) is 5.75 Å². The zero-order chi connectivity index (χ0) is 13.8. The number of nitrogens with zero attached hydrogens (tertiary/aromatic N) is 3. The fraction of sp³-hybridized carbons (Fsp3) is 0.231. The number of benzene rings is 1. The summed E-state index contributed by atoms with van der Waals surface area (Å²) in [5.74, 6) is 2.21. The number of aromatic nitrogens is 2. The van der Waals surface area contributed by atoms with Crippen molar-refractivity contribution in [3.05, 3.63) is 34.9 Å². The van der Waals surface area contributed by atoms with Gasteiger partial charge in [0.05, 0.1) is 11.6 Å². The van der Waals surface area contributed by atoms with Gasteiger partial charge in [-0.05, 0) is 40.2 Å². The fourth-order valence-electron chi connectivity index (χ4n) is 1.64. The van der Waals surface area contributed by atoms with Crippen LogP contribution in [0.15, 0.2) is 34.9 Å². The SMILES string of the molecule is CNc1ncc(Br)c(N(C)c2ccc(OC)cc2)n1. The third-order valence-electron chi connectivity index (χ3n) is 2.73. The molecule has 19 heavy (non-hydrogen) atoms. The van der Waals surface area contributed by atoms with Crippen molar-refractivity contribution in [2.45, 2.75) is 0 Å². The molecule has 0 spiro atoms. The van der Waals surface area contributed by atoms with Crippen LogP contribution in [-0.4, -0.2) is 31.2 Å². The summed E-state index contributed by atoms with van der Waals surface area (Å²) in [6.07, 6.45) is 1.73. The molecule has 100 valence electrons. The molecule has 0 unspecified atom stereocenters. The van der Waals surface area contributed by atoms with Crippen LogP contribution in [0.2, 0.25) is 0 Å². The Morgan fingerprint density at radius 1 is 1.26 bits per heavy atom. The van der Waals surface area contributed by atoms with Crippen LogP contribution in [0.5, 0.6) is 5.75 Å². The van der Waals surface area contributed by atoms with E-state index < -0.39 is 0 Å². The molecule has 0 amide bonds. The van der Waals surface area contributed by atoms with E-state index in [2.05, 4.69) is 31.2 Å². The Bertz CT molecular complexity index is 559. The monoisotopic (exact) mass is 322 g/mol. The van der Waals surface area contributed by atoms with Crippen LogP contribution in [-0.2, 0) is 0 Å². The van der Waals surface area contributed by atoms with E-state index in [1.165, 1.54) is 0 Å². The summed E-state index contributed by atoms with van der Waals surface area (Å²) in [5, 5.41) is 2.93. The molecule has 0 bridgehead atoms. The maximum Gasteiger partial charge on any atom is 0.224 e. The smallest absolute Gasteiger partial charge is 0.224 e. The molecule has 6 heteroatoms. The van der Waals surface area contributed by atoms with Crippen LogP contribution >= 0.6 is 15.9 Å². The first-order valence-corrected chi connectivity index (χ1v) is 6.53. The Kier molecular flexibility index (Phi) is 4.21. The molecule has 0 radical (unpaired) electrons. The summed E-state index contributed by atoms with van der Waals surface area (Å²) in [7, 11) is 5.40. The molecular weight excluding hydrogens is 308 g/mol. The summed E-state index contributed by atoms with van der Waals surface area (Å²) >= 11 is 3.47. The number of hydrogen-bond donors (Lipinski definition) is 1. The van der Waals surface area contributed by atoms with Gasteiger partial charge in [-0.2, -0.15) is 4.98 Å². The van der Waals surface area contributed by atoms with E-state index in [4.69, 9.17) is 4.74 Å². The molecule has 0 aliphatic heterocycles. The van der Waals surface area contributed by atoms with Gasteiger partial charge in [0.2, 0.25) is 5.95 Å². The summed E-state index contributed by atoms with van der Waals surface area (Å²) in [6.45, 7) is 0. The lowest BCUT2D eigenvalue weighted by molar-refractivity contribution is 0.415.